The average molecular weight is 244 g/mol. The minimum Gasteiger partial charge on any atom is -0.330 e. The van der Waals surface area contributed by atoms with E-state index in [0.717, 1.165) is 41.3 Å². The molecule has 3 nitrogen and oxygen atoms in total. The Morgan fingerprint density at radius 3 is 2.61 bits per heavy atom. The van der Waals surface area contributed by atoms with E-state index in [0.29, 0.717) is 6.54 Å². The Morgan fingerprint density at radius 1 is 1.17 bits per heavy atom. The molecular formula is C15H20N2O. The number of aryl methyl sites for hydroxylation is 3. The monoisotopic (exact) mass is 244 g/mol. The number of nitrogens with two attached hydrogens (primary N) is 1. The summed E-state index contributed by atoms with van der Waals surface area (Å²) in [5, 5.41) is 1.15. The molecule has 2 rings (SSSR count). The highest BCUT2D eigenvalue weighted by molar-refractivity contribution is 5.85. The van der Waals surface area contributed by atoms with Crippen LogP contribution in [0, 0.1) is 13.8 Å². The van der Waals surface area contributed by atoms with E-state index in [1.54, 1.807) is 0 Å². The van der Waals surface area contributed by atoms with E-state index in [-0.39, 0.29) is 5.56 Å². The number of hydrogen-bond donors (Lipinski definition) is 2. The third-order valence-corrected chi connectivity index (χ3v) is 3.42. The minimum absolute atomic E-state index is 0.0354. The number of aromatic nitrogens is 1. The lowest BCUT2D eigenvalue weighted by atomic mass is 10.0. The lowest BCUT2D eigenvalue weighted by molar-refractivity contribution is 0.740. The Kier molecular flexibility index (Phi) is 3.82. The van der Waals surface area contributed by atoms with Gasteiger partial charge < -0.3 is 10.7 Å². The molecule has 0 atom stereocenters. The molecule has 0 aliphatic heterocycles. The highest BCUT2D eigenvalue weighted by atomic mass is 16.1. The summed E-state index contributed by atoms with van der Waals surface area (Å²) in [5.41, 5.74) is 9.65. The van der Waals surface area contributed by atoms with Crippen LogP contribution in [-0.4, -0.2) is 11.5 Å². The van der Waals surface area contributed by atoms with Crippen LogP contribution < -0.4 is 11.3 Å². The summed E-state index contributed by atoms with van der Waals surface area (Å²) in [6, 6.07) is 6.17. The zero-order chi connectivity index (χ0) is 13.1. The Labute approximate surface area is 107 Å². The van der Waals surface area contributed by atoms with Gasteiger partial charge in [-0.25, -0.2) is 0 Å². The van der Waals surface area contributed by atoms with Crippen molar-refractivity contribution < 1.29 is 0 Å². The van der Waals surface area contributed by atoms with Gasteiger partial charge in [0.25, 0.3) is 5.56 Å². The molecule has 3 N–H and O–H groups in total. The van der Waals surface area contributed by atoms with Crippen molar-refractivity contribution in [1.29, 1.82) is 0 Å². The summed E-state index contributed by atoms with van der Waals surface area (Å²) in [6.45, 7) is 4.78. The second-order valence-corrected chi connectivity index (χ2v) is 4.86. The van der Waals surface area contributed by atoms with Gasteiger partial charge in [0.2, 0.25) is 0 Å². The number of unbranched alkanes of at least 4 members (excludes halogenated alkanes) is 1. The first-order valence-electron chi connectivity index (χ1n) is 6.45. The molecule has 2 aromatic rings. The van der Waals surface area contributed by atoms with Gasteiger partial charge in [-0.1, -0.05) is 12.1 Å². The van der Waals surface area contributed by atoms with Gasteiger partial charge in [-0.2, -0.15) is 0 Å². The number of benzene rings is 1. The van der Waals surface area contributed by atoms with Crippen molar-refractivity contribution in [3.8, 4) is 0 Å². The average Bonchev–Trinajstić information content (AvgIpc) is 2.36. The van der Waals surface area contributed by atoms with Crippen molar-refractivity contribution >= 4 is 10.9 Å². The van der Waals surface area contributed by atoms with Crippen molar-refractivity contribution in [2.24, 2.45) is 5.73 Å². The molecule has 18 heavy (non-hydrogen) atoms. The van der Waals surface area contributed by atoms with E-state index in [9.17, 15) is 4.79 Å². The van der Waals surface area contributed by atoms with Gasteiger partial charge >= 0.3 is 0 Å². The van der Waals surface area contributed by atoms with Gasteiger partial charge in [-0.15, -0.1) is 0 Å². The van der Waals surface area contributed by atoms with E-state index >= 15 is 0 Å². The maximum atomic E-state index is 12.0. The third-order valence-electron chi connectivity index (χ3n) is 3.42. The smallest absolute Gasteiger partial charge is 0.251 e. The molecule has 0 aliphatic rings. The molecule has 1 aromatic carbocycles. The lowest BCUT2D eigenvalue weighted by Crippen LogP contribution is -2.13. The van der Waals surface area contributed by atoms with E-state index in [2.05, 4.69) is 18.0 Å². The predicted octanol–water partition coefficient (Wildman–Crippen LogP) is 2.43. The largest absolute Gasteiger partial charge is 0.330 e. The molecule has 3 heteroatoms. The van der Waals surface area contributed by atoms with Crippen molar-refractivity contribution in [1.82, 2.24) is 4.98 Å². The van der Waals surface area contributed by atoms with Crippen LogP contribution in [0.1, 0.15) is 29.5 Å². The summed E-state index contributed by atoms with van der Waals surface area (Å²) >= 11 is 0. The first kappa shape index (κ1) is 12.8. The second kappa shape index (κ2) is 5.36. The van der Waals surface area contributed by atoms with Crippen LogP contribution in [0.15, 0.2) is 23.0 Å². The molecule has 0 saturated carbocycles. The number of fused-ring (bicyclic) bond motifs is 1. The predicted molar refractivity (Wildman–Crippen MR) is 76.0 cm³/mol. The number of hydrogen-bond acceptors (Lipinski definition) is 2. The Morgan fingerprint density at radius 2 is 1.89 bits per heavy atom. The maximum Gasteiger partial charge on any atom is 0.251 e. The van der Waals surface area contributed by atoms with E-state index < -0.39 is 0 Å². The van der Waals surface area contributed by atoms with Crippen LogP contribution in [0.4, 0.5) is 0 Å². The summed E-state index contributed by atoms with van der Waals surface area (Å²) in [4.78, 5) is 15.0. The highest BCUT2D eigenvalue weighted by Gasteiger charge is 2.06. The molecule has 0 radical (unpaired) electrons. The molecule has 0 spiro atoms. The van der Waals surface area contributed by atoms with Crippen molar-refractivity contribution in [2.75, 3.05) is 6.54 Å². The molecule has 0 aliphatic carbocycles. The van der Waals surface area contributed by atoms with Crippen LogP contribution in [0.3, 0.4) is 0 Å². The number of pyridine rings is 1. The van der Waals surface area contributed by atoms with Crippen LogP contribution in [-0.2, 0) is 6.42 Å². The first-order chi connectivity index (χ1) is 8.63. The van der Waals surface area contributed by atoms with Crippen LogP contribution in [0.25, 0.3) is 10.9 Å². The van der Waals surface area contributed by atoms with Gasteiger partial charge in [0, 0.05) is 10.9 Å². The standard InChI is InChI=1S/C15H20N2O/c1-10-6-7-11(2)14-13(10)9-12(15(18)17-14)5-3-4-8-16/h6-7,9H,3-5,8,16H2,1-2H3,(H,17,18). The fourth-order valence-electron chi connectivity index (χ4n) is 2.26. The van der Waals surface area contributed by atoms with Gasteiger partial charge in [0.15, 0.2) is 0 Å². The fraction of sp³-hybridized carbons (Fsp3) is 0.400. The van der Waals surface area contributed by atoms with Gasteiger partial charge in [-0.05, 0) is 56.8 Å². The van der Waals surface area contributed by atoms with E-state index in [4.69, 9.17) is 5.73 Å². The molecule has 96 valence electrons. The number of H-pyrrole nitrogens is 1. The molecule has 1 heterocycles. The maximum absolute atomic E-state index is 12.0. The van der Waals surface area contributed by atoms with Crippen molar-refractivity contribution in [3.05, 3.63) is 45.2 Å². The van der Waals surface area contributed by atoms with Crippen LogP contribution in [0.2, 0.25) is 0 Å². The topological polar surface area (TPSA) is 58.9 Å². The summed E-state index contributed by atoms with van der Waals surface area (Å²) < 4.78 is 0. The van der Waals surface area contributed by atoms with Crippen LogP contribution >= 0.6 is 0 Å². The van der Waals surface area contributed by atoms with Gasteiger partial charge in [0.05, 0.1) is 5.52 Å². The van der Waals surface area contributed by atoms with E-state index in [1.165, 1.54) is 5.56 Å². The Bertz CT molecular complexity index is 614. The third kappa shape index (κ3) is 2.46. The summed E-state index contributed by atoms with van der Waals surface area (Å²) in [7, 11) is 0. The Hall–Kier alpha value is -1.61. The number of rotatable bonds is 4. The second-order valence-electron chi connectivity index (χ2n) is 4.86. The molecule has 0 fully saturated rings. The Balaban J connectivity index is 2.47. The molecule has 0 amide bonds. The molecular weight excluding hydrogens is 224 g/mol. The van der Waals surface area contributed by atoms with Crippen molar-refractivity contribution in [2.45, 2.75) is 33.1 Å². The first-order valence-corrected chi connectivity index (χ1v) is 6.45. The molecule has 0 bridgehead atoms. The highest BCUT2D eigenvalue weighted by Crippen LogP contribution is 2.20. The van der Waals surface area contributed by atoms with Crippen molar-refractivity contribution in [3.63, 3.8) is 0 Å². The normalized spacial score (nSPS) is 11.1. The zero-order valence-corrected chi connectivity index (χ0v) is 11.0. The van der Waals surface area contributed by atoms with Gasteiger partial charge in [-0.3, -0.25) is 4.79 Å². The minimum atomic E-state index is 0.0354. The molecule has 0 unspecified atom stereocenters. The molecule has 0 saturated heterocycles. The quantitative estimate of drug-likeness (QED) is 0.811. The molecule has 1 aromatic heterocycles. The fourth-order valence-corrected chi connectivity index (χ4v) is 2.26. The zero-order valence-electron chi connectivity index (χ0n) is 11.0. The lowest BCUT2D eigenvalue weighted by Gasteiger charge is -2.08. The number of nitrogens with one attached hydrogen (secondary N) is 1. The number of aromatic amines is 1. The SMILES string of the molecule is Cc1ccc(C)c2[nH]c(=O)c(CCCCN)cc12. The summed E-state index contributed by atoms with van der Waals surface area (Å²) in [5.74, 6) is 0. The van der Waals surface area contributed by atoms with E-state index in [1.807, 2.05) is 19.1 Å². The van der Waals surface area contributed by atoms with Gasteiger partial charge in [0.1, 0.15) is 0 Å². The summed E-state index contributed by atoms with van der Waals surface area (Å²) in [6.07, 6.45) is 2.73. The van der Waals surface area contributed by atoms with Crippen LogP contribution in [0.5, 0.6) is 0 Å².